The van der Waals surface area contributed by atoms with Gasteiger partial charge in [0, 0.05) is 8.99 Å². The minimum Gasteiger partial charge on any atom is -0.493 e. The number of rotatable bonds is 10. The van der Waals surface area contributed by atoms with Gasteiger partial charge in [-0.2, -0.15) is 0 Å². The van der Waals surface area contributed by atoms with Gasteiger partial charge in [-0.05, 0) is 88.7 Å². The Kier molecular flexibility index (Phi) is 9.17. The molecule has 0 bridgehead atoms. The number of hydrogen-bond acceptors (Lipinski definition) is 2. The summed E-state index contributed by atoms with van der Waals surface area (Å²) < 4.78 is 7.25. The van der Waals surface area contributed by atoms with Crippen LogP contribution >= 0.6 is 22.6 Å². The van der Waals surface area contributed by atoms with Crippen molar-refractivity contribution >= 4 is 28.7 Å². The van der Waals surface area contributed by atoms with Crippen molar-refractivity contribution in [3.05, 3.63) is 124 Å². The van der Waals surface area contributed by atoms with E-state index in [-0.39, 0.29) is 0 Å². The molecule has 1 saturated carbocycles. The molecular formula is C29H30INO. The van der Waals surface area contributed by atoms with E-state index in [2.05, 4.69) is 84.1 Å². The van der Waals surface area contributed by atoms with Gasteiger partial charge in [-0.25, -0.2) is 0 Å². The van der Waals surface area contributed by atoms with Crippen LogP contribution in [0.15, 0.2) is 119 Å². The summed E-state index contributed by atoms with van der Waals surface area (Å²) in [4.78, 5) is 0. The second-order valence-electron chi connectivity index (χ2n) is 8.17. The topological polar surface area (TPSA) is 35.2 Å². The molecule has 3 rings (SSSR count). The summed E-state index contributed by atoms with van der Waals surface area (Å²) in [6.07, 6.45) is 22.0. The van der Waals surface area contributed by atoms with Gasteiger partial charge >= 0.3 is 0 Å². The molecule has 0 radical (unpaired) electrons. The Morgan fingerprint density at radius 1 is 0.906 bits per heavy atom. The van der Waals surface area contributed by atoms with Crippen molar-refractivity contribution in [2.45, 2.75) is 19.8 Å². The molecule has 1 aliphatic rings. The van der Waals surface area contributed by atoms with Crippen LogP contribution < -0.4 is 5.73 Å². The summed E-state index contributed by atoms with van der Waals surface area (Å²) >= 11 is 2.29. The first kappa shape index (κ1) is 23.9. The maximum atomic E-state index is 6.13. The Labute approximate surface area is 205 Å². The minimum atomic E-state index is 0.338. The van der Waals surface area contributed by atoms with Crippen LogP contribution in [0.4, 0.5) is 0 Å². The van der Waals surface area contributed by atoms with E-state index < -0.39 is 0 Å². The van der Waals surface area contributed by atoms with Crippen LogP contribution in [-0.2, 0) is 4.74 Å². The van der Waals surface area contributed by atoms with Crippen LogP contribution in [0.1, 0.15) is 25.3 Å². The van der Waals surface area contributed by atoms with Crippen molar-refractivity contribution < 1.29 is 4.74 Å². The van der Waals surface area contributed by atoms with Gasteiger partial charge in [0.05, 0.1) is 6.61 Å². The third kappa shape index (κ3) is 8.39. The summed E-state index contributed by atoms with van der Waals surface area (Å²) in [5.74, 6) is 0.867. The molecule has 3 heteroatoms. The molecule has 2 nitrogen and oxygen atoms in total. The molecule has 2 aromatic rings. The first-order chi connectivity index (χ1) is 15.6. The lowest BCUT2D eigenvalue weighted by Crippen LogP contribution is -2.04. The lowest BCUT2D eigenvalue weighted by Gasteiger charge is -2.11. The fourth-order valence-corrected chi connectivity index (χ4v) is 3.34. The van der Waals surface area contributed by atoms with Crippen LogP contribution in [0.25, 0.3) is 17.2 Å². The Hall–Kier alpha value is -2.79. The predicted molar refractivity (Wildman–Crippen MR) is 146 cm³/mol. The zero-order chi connectivity index (χ0) is 22.7. The highest BCUT2D eigenvalue weighted by Crippen LogP contribution is 2.45. The van der Waals surface area contributed by atoms with Gasteiger partial charge in [0.1, 0.15) is 5.76 Å². The van der Waals surface area contributed by atoms with Gasteiger partial charge in [-0.15, -0.1) is 0 Å². The highest BCUT2D eigenvalue weighted by Gasteiger charge is 2.38. The van der Waals surface area contributed by atoms with Crippen LogP contribution in [0.2, 0.25) is 0 Å². The standard InChI is InChI=1S/C29H30INO/c1-29(20-21-29)23-32-28(13-6-5-11-27(30)12-7-8-22-31)19-16-24-14-17-26(18-15-24)25-9-3-2-4-10-25/h2-19,22H,20-21,23,31H2,1H3/b6-5+,12-7-,19-16-,22-8+,27-11+,28-13+. The van der Waals surface area contributed by atoms with Crippen LogP contribution in [0, 0.1) is 5.41 Å². The van der Waals surface area contributed by atoms with E-state index in [1.807, 2.05) is 48.6 Å². The summed E-state index contributed by atoms with van der Waals surface area (Å²) in [6.45, 7) is 3.03. The molecule has 1 fully saturated rings. The van der Waals surface area contributed by atoms with Crippen molar-refractivity contribution in [2.75, 3.05) is 6.61 Å². The van der Waals surface area contributed by atoms with Crippen LogP contribution in [0.3, 0.4) is 0 Å². The van der Waals surface area contributed by atoms with E-state index in [4.69, 9.17) is 10.5 Å². The molecule has 32 heavy (non-hydrogen) atoms. The van der Waals surface area contributed by atoms with Gasteiger partial charge < -0.3 is 10.5 Å². The maximum absolute atomic E-state index is 6.13. The van der Waals surface area contributed by atoms with Crippen molar-refractivity contribution in [2.24, 2.45) is 11.1 Å². The van der Waals surface area contributed by atoms with Gasteiger partial charge in [-0.3, -0.25) is 0 Å². The van der Waals surface area contributed by atoms with Crippen LogP contribution in [-0.4, -0.2) is 6.61 Å². The van der Waals surface area contributed by atoms with E-state index in [0.29, 0.717) is 5.41 Å². The second kappa shape index (κ2) is 12.3. The SMILES string of the molecule is CC1(COC(/C=C\c2ccc(-c3ccccc3)cc2)=C/C=C/C=C(I)\C=C/C=C/N)CC1. The number of hydrogen-bond donors (Lipinski definition) is 1. The first-order valence-electron chi connectivity index (χ1n) is 10.8. The first-order valence-corrected chi connectivity index (χ1v) is 11.9. The molecule has 0 aliphatic heterocycles. The Balaban J connectivity index is 1.67. The number of benzene rings is 2. The lowest BCUT2D eigenvalue weighted by molar-refractivity contribution is 0.172. The third-order valence-electron chi connectivity index (χ3n) is 5.25. The molecule has 0 saturated heterocycles. The number of allylic oxidation sites excluding steroid dienone is 9. The smallest absolute Gasteiger partial charge is 0.119 e. The van der Waals surface area contributed by atoms with Crippen molar-refractivity contribution in [1.82, 2.24) is 0 Å². The molecule has 0 atom stereocenters. The predicted octanol–water partition coefficient (Wildman–Crippen LogP) is 7.97. The van der Waals surface area contributed by atoms with Crippen molar-refractivity contribution in [3.63, 3.8) is 0 Å². The summed E-state index contributed by atoms with van der Waals surface area (Å²) in [6, 6.07) is 19.0. The maximum Gasteiger partial charge on any atom is 0.119 e. The molecule has 0 amide bonds. The van der Waals surface area contributed by atoms with E-state index in [1.165, 1.54) is 30.2 Å². The minimum absolute atomic E-state index is 0.338. The average molecular weight is 535 g/mol. The molecule has 0 unspecified atom stereocenters. The summed E-state index contributed by atoms with van der Waals surface area (Å²) in [5, 5.41) is 0. The summed E-state index contributed by atoms with van der Waals surface area (Å²) in [7, 11) is 0. The third-order valence-corrected chi connectivity index (χ3v) is 5.97. The Bertz CT molecular complexity index is 1040. The lowest BCUT2D eigenvalue weighted by atomic mass is 10.0. The molecule has 2 N–H and O–H groups in total. The highest BCUT2D eigenvalue weighted by atomic mass is 127. The average Bonchev–Trinajstić information content (AvgIpc) is 3.56. The van der Waals surface area contributed by atoms with Gasteiger partial charge in [0.25, 0.3) is 0 Å². The molecular weight excluding hydrogens is 505 g/mol. The fourth-order valence-electron chi connectivity index (χ4n) is 2.93. The molecule has 0 heterocycles. The largest absolute Gasteiger partial charge is 0.493 e. The molecule has 2 aromatic carbocycles. The fraction of sp³-hybridized carbons (Fsp3) is 0.172. The second-order valence-corrected chi connectivity index (χ2v) is 9.42. The zero-order valence-electron chi connectivity index (χ0n) is 18.5. The monoisotopic (exact) mass is 535 g/mol. The molecule has 1 aliphatic carbocycles. The Morgan fingerprint density at radius 2 is 1.59 bits per heavy atom. The van der Waals surface area contributed by atoms with E-state index in [1.54, 1.807) is 6.08 Å². The highest BCUT2D eigenvalue weighted by molar-refractivity contribution is 14.1. The number of ether oxygens (including phenoxy) is 1. The van der Waals surface area contributed by atoms with E-state index >= 15 is 0 Å². The van der Waals surface area contributed by atoms with Crippen molar-refractivity contribution in [1.29, 1.82) is 0 Å². The van der Waals surface area contributed by atoms with Gasteiger partial charge in [-0.1, -0.05) is 85.8 Å². The number of nitrogens with two attached hydrogens (primary N) is 1. The van der Waals surface area contributed by atoms with Gasteiger partial charge in [0.2, 0.25) is 0 Å². The van der Waals surface area contributed by atoms with Crippen LogP contribution in [0.5, 0.6) is 0 Å². The zero-order valence-corrected chi connectivity index (χ0v) is 20.6. The Morgan fingerprint density at radius 3 is 2.28 bits per heavy atom. The van der Waals surface area contributed by atoms with Gasteiger partial charge in [0.15, 0.2) is 0 Å². The van der Waals surface area contributed by atoms with E-state index in [0.717, 1.165) is 21.5 Å². The van der Waals surface area contributed by atoms with E-state index in [9.17, 15) is 0 Å². The summed E-state index contributed by atoms with van der Waals surface area (Å²) in [5.41, 5.74) is 9.27. The normalized spacial score (nSPS) is 16.6. The number of halogens is 1. The molecule has 0 aromatic heterocycles. The molecule has 0 spiro atoms. The molecule has 164 valence electrons. The quantitative estimate of drug-likeness (QED) is 0.190. The van der Waals surface area contributed by atoms with Crippen molar-refractivity contribution in [3.8, 4) is 11.1 Å².